The van der Waals surface area contributed by atoms with Crippen molar-refractivity contribution in [3.63, 3.8) is 0 Å². The van der Waals surface area contributed by atoms with Crippen molar-refractivity contribution in [2.45, 2.75) is 32.9 Å². The van der Waals surface area contributed by atoms with E-state index in [1.165, 1.54) is 31.5 Å². The number of nitrogens with one attached hydrogen (secondary N) is 1. The zero-order chi connectivity index (χ0) is 20.6. The lowest BCUT2D eigenvalue weighted by molar-refractivity contribution is 0.185. The molecule has 0 bridgehead atoms. The molecule has 6 nitrogen and oxygen atoms in total. The van der Waals surface area contributed by atoms with Gasteiger partial charge in [-0.3, -0.25) is 4.90 Å². The highest BCUT2D eigenvalue weighted by Gasteiger charge is 2.15. The molecule has 0 unspecified atom stereocenters. The van der Waals surface area contributed by atoms with Gasteiger partial charge < -0.3 is 20.5 Å². The quantitative estimate of drug-likeness (QED) is 0.549. The molecule has 1 heterocycles. The highest BCUT2D eigenvalue weighted by atomic mass is 16.5. The normalized spacial score (nSPS) is 15.9. The number of likely N-dealkylation sites (tertiary alicyclic amines) is 1. The van der Waals surface area contributed by atoms with Gasteiger partial charge >= 0.3 is 0 Å². The molecule has 1 aliphatic rings. The molecule has 1 saturated heterocycles. The number of rotatable bonds is 7. The Hall–Kier alpha value is -2.73. The van der Waals surface area contributed by atoms with Crippen molar-refractivity contribution >= 4 is 11.6 Å². The fraction of sp³-hybridized carbons (Fsp3) is 0.435. The predicted molar refractivity (Wildman–Crippen MR) is 119 cm³/mol. The number of hydrogen-bond donors (Lipinski definition) is 2. The van der Waals surface area contributed by atoms with Crippen LogP contribution in [0.1, 0.15) is 30.9 Å². The molecule has 6 heteroatoms. The van der Waals surface area contributed by atoms with Gasteiger partial charge in [0.05, 0.1) is 20.8 Å². The van der Waals surface area contributed by atoms with E-state index in [-0.39, 0.29) is 0 Å². The van der Waals surface area contributed by atoms with Crippen LogP contribution in [0.4, 0.5) is 5.69 Å². The van der Waals surface area contributed by atoms with Crippen molar-refractivity contribution in [1.29, 1.82) is 0 Å². The third-order valence-electron chi connectivity index (χ3n) is 5.36. The Labute approximate surface area is 173 Å². The van der Waals surface area contributed by atoms with Gasteiger partial charge in [-0.15, -0.1) is 0 Å². The predicted octanol–water partition coefficient (Wildman–Crippen LogP) is 3.86. The van der Waals surface area contributed by atoms with Crippen molar-refractivity contribution in [3.05, 3.63) is 53.6 Å². The van der Waals surface area contributed by atoms with E-state index in [1.807, 2.05) is 18.2 Å². The Bertz CT molecular complexity index is 829. The van der Waals surface area contributed by atoms with Gasteiger partial charge in [0, 0.05) is 18.3 Å². The molecule has 156 valence electrons. The van der Waals surface area contributed by atoms with E-state index in [1.54, 1.807) is 14.2 Å². The zero-order valence-corrected chi connectivity index (χ0v) is 17.6. The molecule has 2 aromatic carbocycles. The van der Waals surface area contributed by atoms with E-state index in [2.05, 4.69) is 46.4 Å². The van der Waals surface area contributed by atoms with Crippen LogP contribution in [0.5, 0.6) is 11.5 Å². The second-order valence-electron chi connectivity index (χ2n) is 7.67. The van der Waals surface area contributed by atoms with Gasteiger partial charge in [0.1, 0.15) is 0 Å². The summed E-state index contributed by atoms with van der Waals surface area (Å²) in [7, 11) is 3.22. The molecule has 0 saturated carbocycles. The largest absolute Gasteiger partial charge is 0.493 e. The van der Waals surface area contributed by atoms with Crippen LogP contribution < -0.4 is 20.5 Å². The van der Waals surface area contributed by atoms with Crippen LogP contribution in [0.3, 0.4) is 0 Å². The number of aliphatic imine (C=N–C) groups is 1. The Morgan fingerprint density at radius 3 is 2.52 bits per heavy atom. The van der Waals surface area contributed by atoms with Crippen molar-refractivity contribution in [2.75, 3.05) is 32.6 Å². The molecule has 2 aromatic rings. The number of benzene rings is 2. The minimum Gasteiger partial charge on any atom is -0.493 e. The summed E-state index contributed by atoms with van der Waals surface area (Å²) < 4.78 is 10.6. The molecule has 29 heavy (non-hydrogen) atoms. The van der Waals surface area contributed by atoms with Crippen molar-refractivity contribution < 1.29 is 9.47 Å². The van der Waals surface area contributed by atoms with Gasteiger partial charge in [0.25, 0.3) is 0 Å². The van der Waals surface area contributed by atoms with E-state index >= 15 is 0 Å². The molecule has 0 radical (unpaired) electrons. The van der Waals surface area contributed by atoms with Gasteiger partial charge in [0.15, 0.2) is 17.5 Å². The minimum absolute atomic E-state index is 0.368. The number of guanidine groups is 1. The zero-order valence-electron chi connectivity index (χ0n) is 17.6. The molecular weight excluding hydrogens is 364 g/mol. The Balaban J connectivity index is 1.57. The van der Waals surface area contributed by atoms with Crippen LogP contribution in [0.2, 0.25) is 0 Å². The number of anilines is 1. The number of hydrogen-bond acceptors (Lipinski definition) is 4. The second kappa shape index (κ2) is 10.2. The lowest BCUT2D eigenvalue weighted by atomic mass is 9.98. The van der Waals surface area contributed by atoms with Crippen LogP contribution in [-0.4, -0.2) is 38.2 Å². The van der Waals surface area contributed by atoms with Crippen LogP contribution in [0, 0.1) is 5.92 Å². The maximum atomic E-state index is 6.07. The van der Waals surface area contributed by atoms with E-state index in [9.17, 15) is 0 Å². The number of methoxy groups -OCH3 is 2. The van der Waals surface area contributed by atoms with Crippen molar-refractivity contribution in [2.24, 2.45) is 16.6 Å². The van der Waals surface area contributed by atoms with E-state index < -0.39 is 0 Å². The summed E-state index contributed by atoms with van der Waals surface area (Å²) in [5.41, 5.74) is 9.37. The lowest BCUT2D eigenvalue weighted by Gasteiger charge is -2.30. The Morgan fingerprint density at radius 2 is 1.79 bits per heavy atom. The molecule has 1 aliphatic heterocycles. The highest BCUT2D eigenvalue weighted by Crippen LogP contribution is 2.29. The second-order valence-corrected chi connectivity index (χ2v) is 7.67. The summed E-state index contributed by atoms with van der Waals surface area (Å²) in [6.07, 6.45) is 2.59. The average Bonchev–Trinajstić information content (AvgIpc) is 2.74. The third kappa shape index (κ3) is 6.12. The monoisotopic (exact) mass is 396 g/mol. The average molecular weight is 397 g/mol. The molecule has 0 aliphatic carbocycles. The van der Waals surface area contributed by atoms with Crippen molar-refractivity contribution in [3.8, 4) is 11.5 Å². The number of piperidine rings is 1. The fourth-order valence-electron chi connectivity index (χ4n) is 3.58. The first kappa shape index (κ1) is 21.0. The Kier molecular flexibility index (Phi) is 7.36. The molecule has 0 spiro atoms. The van der Waals surface area contributed by atoms with Crippen molar-refractivity contribution in [1.82, 2.24) is 4.90 Å². The van der Waals surface area contributed by atoms with E-state index in [0.717, 1.165) is 23.7 Å². The summed E-state index contributed by atoms with van der Waals surface area (Å²) in [4.78, 5) is 7.02. The van der Waals surface area contributed by atoms with Crippen LogP contribution in [0.25, 0.3) is 0 Å². The first-order valence-electron chi connectivity index (χ1n) is 10.2. The standard InChI is InChI=1S/C23H32N4O2/c1-17-9-11-27(12-10-17)16-19-6-4-5-18(13-19)15-25-23(24)26-20-7-8-21(28-2)22(14-20)29-3/h4-8,13-14,17H,9-12,15-16H2,1-3H3,(H3,24,25,26). The van der Waals surface area contributed by atoms with Gasteiger partial charge in [0.2, 0.25) is 0 Å². The van der Waals surface area contributed by atoms with E-state index in [0.29, 0.717) is 24.0 Å². The first-order chi connectivity index (χ1) is 14.1. The van der Waals surface area contributed by atoms with Gasteiger partial charge in [-0.2, -0.15) is 0 Å². The number of nitrogens with two attached hydrogens (primary N) is 1. The fourth-order valence-corrected chi connectivity index (χ4v) is 3.58. The van der Waals surface area contributed by atoms with Crippen LogP contribution in [-0.2, 0) is 13.1 Å². The third-order valence-corrected chi connectivity index (χ3v) is 5.36. The molecule has 3 N–H and O–H groups in total. The van der Waals surface area contributed by atoms with Gasteiger partial charge in [-0.25, -0.2) is 4.99 Å². The molecular formula is C23H32N4O2. The molecule has 1 fully saturated rings. The molecule has 0 amide bonds. The molecule has 3 rings (SSSR count). The molecule has 0 aromatic heterocycles. The lowest BCUT2D eigenvalue weighted by Crippen LogP contribution is -2.32. The summed E-state index contributed by atoms with van der Waals surface area (Å²) >= 11 is 0. The van der Waals surface area contributed by atoms with Crippen LogP contribution in [0.15, 0.2) is 47.5 Å². The topological polar surface area (TPSA) is 72.1 Å². The first-order valence-corrected chi connectivity index (χ1v) is 10.2. The maximum Gasteiger partial charge on any atom is 0.193 e. The summed E-state index contributed by atoms with van der Waals surface area (Å²) in [5, 5.41) is 3.11. The summed E-state index contributed by atoms with van der Waals surface area (Å²) in [6, 6.07) is 14.2. The van der Waals surface area contributed by atoms with Gasteiger partial charge in [-0.1, -0.05) is 31.2 Å². The van der Waals surface area contributed by atoms with E-state index in [4.69, 9.17) is 15.2 Å². The summed E-state index contributed by atoms with van der Waals surface area (Å²) in [5.74, 6) is 2.54. The Morgan fingerprint density at radius 1 is 1.07 bits per heavy atom. The SMILES string of the molecule is COc1ccc(NC(N)=NCc2cccc(CN3CCC(C)CC3)c2)cc1OC. The smallest absolute Gasteiger partial charge is 0.193 e. The summed E-state index contributed by atoms with van der Waals surface area (Å²) in [6.45, 7) is 6.26. The minimum atomic E-state index is 0.368. The number of nitrogens with zero attached hydrogens (tertiary/aromatic N) is 2. The van der Waals surface area contributed by atoms with Crippen LogP contribution >= 0.6 is 0 Å². The maximum absolute atomic E-state index is 6.07. The number of ether oxygens (including phenoxy) is 2. The molecule has 0 atom stereocenters. The van der Waals surface area contributed by atoms with Gasteiger partial charge in [-0.05, 0) is 55.1 Å². The highest BCUT2D eigenvalue weighted by molar-refractivity contribution is 5.92.